The van der Waals surface area contributed by atoms with E-state index >= 15 is 0 Å². The maximum absolute atomic E-state index is 11.9. The van der Waals surface area contributed by atoms with Gasteiger partial charge in [-0.3, -0.25) is 4.79 Å². The van der Waals surface area contributed by atoms with Crippen LogP contribution in [0.15, 0.2) is 0 Å². The van der Waals surface area contributed by atoms with E-state index in [4.69, 9.17) is 0 Å². The van der Waals surface area contributed by atoms with Gasteiger partial charge in [0.15, 0.2) is 0 Å². The van der Waals surface area contributed by atoms with Gasteiger partial charge in [0.1, 0.15) is 0 Å². The van der Waals surface area contributed by atoms with Gasteiger partial charge in [-0.15, -0.1) is 12.4 Å². The lowest BCUT2D eigenvalue weighted by Gasteiger charge is -2.34. The van der Waals surface area contributed by atoms with Crippen molar-refractivity contribution < 1.29 is 18.0 Å². The second-order valence-electron chi connectivity index (χ2n) is 4.95. The summed E-state index contributed by atoms with van der Waals surface area (Å²) in [6.07, 6.45) is -3.90. The van der Waals surface area contributed by atoms with Crippen molar-refractivity contribution in [2.24, 2.45) is 5.41 Å². The average Bonchev–Trinajstić information content (AvgIpc) is 2.24. The molecule has 0 saturated carbocycles. The molecule has 18 heavy (non-hydrogen) atoms. The first-order chi connectivity index (χ1) is 7.81. The maximum atomic E-state index is 11.9. The molecule has 0 aromatic heterocycles. The Hall–Kier alpha value is -0.490. The lowest BCUT2D eigenvalue weighted by molar-refractivity contribution is -0.144. The Morgan fingerprint density at radius 3 is 2.39 bits per heavy atom. The highest BCUT2D eigenvalue weighted by atomic mass is 35.5. The summed E-state index contributed by atoms with van der Waals surface area (Å²) in [5.74, 6) is -0.512. The Morgan fingerprint density at radius 2 is 1.89 bits per heavy atom. The average molecular weight is 289 g/mol. The first-order valence-corrected chi connectivity index (χ1v) is 5.85. The van der Waals surface area contributed by atoms with Crippen molar-refractivity contribution in [1.29, 1.82) is 0 Å². The van der Waals surface area contributed by atoms with Crippen LogP contribution in [0.25, 0.3) is 0 Å². The minimum absolute atomic E-state index is 0. The van der Waals surface area contributed by atoms with Gasteiger partial charge in [0.25, 0.3) is 0 Å². The number of halogens is 4. The Labute approximate surface area is 111 Å². The first-order valence-electron chi connectivity index (χ1n) is 5.85. The summed E-state index contributed by atoms with van der Waals surface area (Å²) >= 11 is 0. The second kappa shape index (κ2) is 7.19. The molecule has 0 aliphatic carbocycles. The third-order valence-corrected chi connectivity index (χ3v) is 3.16. The molecule has 1 rings (SSSR count). The summed E-state index contributed by atoms with van der Waals surface area (Å²) in [4.78, 5) is 11.2. The minimum atomic E-state index is -4.25. The zero-order chi connectivity index (χ0) is 12.9. The molecular weight excluding hydrogens is 269 g/mol. The highest BCUT2D eigenvalue weighted by molar-refractivity contribution is 5.85. The summed E-state index contributed by atoms with van der Waals surface area (Å²) in [5, 5.41) is 5.81. The number of carbonyl (C=O) groups excluding carboxylic acids is 1. The van der Waals surface area contributed by atoms with Crippen molar-refractivity contribution in [1.82, 2.24) is 10.6 Å². The smallest absolute Gasteiger partial charge is 0.356 e. The molecule has 0 atom stereocenters. The zero-order valence-corrected chi connectivity index (χ0v) is 11.2. The van der Waals surface area contributed by atoms with Crippen LogP contribution in [0.2, 0.25) is 0 Å². The van der Waals surface area contributed by atoms with Crippen molar-refractivity contribution in [3.8, 4) is 0 Å². The van der Waals surface area contributed by atoms with Gasteiger partial charge >= 0.3 is 6.18 Å². The maximum Gasteiger partial charge on any atom is 0.389 e. The van der Waals surface area contributed by atoms with E-state index in [2.05, 4.69) is 17.6 Å². The van der Waals surface area contributed by atoms with Gasteiger partial charge in [-0.1, -0.05) is 6.92 Å². The van der Waals surface area contributed by atoms with Gasteiger partial charge in [0.05, 0.1) is 6.42 Å². The number of piperidine rings is 1. The van der Waals surface area contributed by atoms with Gasteiger partial charge < -0.3 is 10.6 Å². The fraction of sp³-hybridized carbons (Fsp3) is 0.909. The SMILES string of the molecule is CC1(CNC(=O)CCC(F)(F)F)CCNCC1.Cl. The Morgan fingerprint density at radius 1 is 1.33 bits per heavy atom. The summed E-state index contributed by atoms with van der Waals surface area (Å²) < 4.78 is 35.7. The number of rotatable bonds is 4. The van der Waals surface area contributed by atoms with Crippen LogP contribution in [0.5, 0.6) is 0 Å². The standard InChI is InChI=1S/C11H19F3N2O.ClH/c1-10(4-6-15-7-5-10)8-16-9(17)2-3-11(12,13)14;/h15H,2-8H2,1H3,(H,16,17);1H. The van der Waals surface area contributed by atoms with Crippen molar-refractivity contribution >= 4 is 18.3 Å². The van der Waals surface area contributed by atoms with Crippen LogP contribution in [0.3, 0.4) is 0 Å². The number of amides is 1. The van der Waals surface area contributed by atoms with E-state index in [0.717, 1.165) is 25.9 Å². The van der Waals surface area contributed by atoms with Crippen molar-refractivity contribution in [3.05, 3.63) is 0 Å². The summed E-state index contributed by atoms with van der Waals surface area (Å²) in [5.41, 5.74) is 0.0130. The number of hydrogen-bond donors (Lipinski definition) is 2. The van der Waals surface area contributed by atoms with E-state index in [0.29, 0.717) is 6.54 Å². The molecule has 0 aromatic rings. The summed E-state index contributed by atoms with van der Waals surface area (Å²) in [6, 6.07) is 0. The highest BCUT2D eigenvalue weighted by Crippen LogP contribution is 2.27. The third-order valence-electron chi connectivity index (χ3n) is 3.16. The summed E-state index contributed by atoms with van der Waals surface area (Å²) in [6.45, 7) is 4.31. The van der Waals surface area contributed by atoms with Crippen LogP contribution in [-0.2, 0) is 4.79 Å². The fourth-order valence-electron chi connectivity index (χ4n) is 1.86. The quantitative estimate of drug-likeness (QED) is 0.833. The van der Waals surface area contributed by atoms with Crippen LogP contribution >= 0.6 is 12.4 Å². The van der Waals surface area contributed by atoms with Gasteiger partial charge in [-0.25, -0.2) is 0 Å². The molecule has 0 bridgehead atoms. The Bertz CT molecular complexity index is 266. The van der Waals surface area contributed by atoms with Crippen molar-refractivity contribution in [2.75, 3.05) is 19.6 Å². The monoisotopic (exact) mass is 288 g/mol. The molecule has 0 spiro atoms. The number of hydrogen-bond acceptors (Lipinski definition) is 2. The lowest BCUT2D eigenvalue weighted by atomic mass is 9.81. The van der Waals surface area contributed by atoms with E-state index < -0.39 is 24.9 Å². The zero-order valence-electron chi connectivity index (χ0n) is 10.4. The van der Waals surface area contributed by atoms with Crippen LogP contribution in [0, 0.1) is 5.41 Å². The van der Waals surface area contributed by atoms with E-state index in [-0.39, 0.29) is 17.8 Å². The molecule has 2 N–H and O–H groups in total. The summed E-state index contributed by atoms with van der Waals surface area (Å²) in [7, 11) is 0. The molecule has 0 unspecified atom stereocenters. The van der Waals surface area contributed by atoms with E-state index in [1.165, 1.54) is 0 Å². The molecule has 1 aliphatic heterocycles. The number of nitrogens with one attached hydrogen (secondary N) is 2. The van der Waals surface area contributed by atoms with Crippen LogP contribution in [0.4, 0.5) is 13.2 Å². The van der Waals surface area contributed by atoms with E-state index in [1.54, 1.807) is 0 Å². The molecule has 1 saturated heterocycles. The molecule has 1 heterocycles. The normalized spacial score (nSPS) is 18.9. The molecule has 7 heteroatoms. The van der Waals surface area contributed by atoms with Gasteiger partial charge in [-0.2, -0.15) is 13.2 Å². The van der Waals surface area contributed by atoms with E-state index in [1.807, 2.05) is 0 Å². The number of carbonyl (C=O) groups is 1. The third kappa shape index (κ3) is 7.06. The first kappa shape index (κ1) is 17.5. The lowest BCUT2D eigenvalue weighted by Crippen LogP contribution is -2.43. The molecule has 0 radical (unpaired) electrons. The topological polar surface area (TPSA) is 41.1 Å². The predicted molar refractivity (Wildman–Crippen MR) is 65.8 cm³/mol. The van der Waals surface area contributed by atoms with Crippen molar-refractivity contribution in [3.63, 3.8) is 0 Å². The fourth-order valence-corrected chi connectivity index (χ4v) is 1.86. The predicted octanol–water partition coefficient (Wildman–Crippen LogP) is 2.26. The molecule has 3 nitrogen and oxygen atoms in total. The van der Waals surface area contributed by atoms with Gasteiger partial charge in [0, 0.05) is 13.0 Å². The molecule has 1 fully saturated rings. The van der Waals surface area contributed by atoms with Gasteiger partial charge in [0.2, 0.25) is 5.91 Å². The largest absolute Gasteiger partial charge is 0.389 e. The molecule has 1 aliphatic rings. The Balaban J connectivity index is 0.00000289. The van der Waals surface area contributed by atoms with Crippen LogP contribution in [0.1, 0.15) is 32.6 Å². The Kier molecular flexibility index (Phi) is 6.99. The van der Waals surface area contributed by atoms with Crippen LogP contribution < -0.4 is 10.6 Å². The van der Waals surface area contributed by atoms with Crippen molar-refractivity contribution in [2.45, 2.75) is 38.8 Å². The van der Waals surface area contributed by atoms with Gasteiger partial charge in [-0.05, 0) is 31.3 Å². The van der Waals surface area contributed by atoms with Crippen LogP contribution in [-0.4, -0.2) is 31.7 Å². The number of alkyl halides is 3. The minimum Gasteiger partial charge on any atom is -0.356 e. The highest BCUT2D eigenvalue weighted by Gasteiger charge is 2.29. The molecule has 1 amide bonds. The van der Waals surface area contributed by atoms with E-state index in [9.17, 15) is 18.0 Å². The second-order valence-corrected chi connectivity index (χ2v) is 4.95. The molecular formula is C11H20ClF3N2O. The molecule has 0 aromatic carbocycles. The molecule has 108 valence electrons.